The number of hydrogen-bond donors (Lipinski definition) is 2. The minimum absolute atomic E-state index is 0.0105. The van der Waals surface area contributed by atoms with Gasteiger partial charge in [-0.25, -0.2) is 21.6 Å². The molecule has 1 fully saturated rings. The van der Waals surface area contributed by atoms with E-state index in [1.807, 2.05) is 6.92 Å². The topological polar surface area (TPSA) is 126 Å². The zero-order chi connectivity index (χ0) is 26.5. The predicted molar refractivity (Wildman–Crippen MR) is 140 cm³/mol. The molecule has 0 aliphatic heterocycles. The molecular formula is C26H31N3O6S2. The first-order chi connectivity index (χ1) is 17.6. The number of hydrogen-bond acceptors (Lipinski definition) is 6. The average molecular weight is 546 g/mol. The van der Waals surface area contributed by atoms with Gasteiger partial charge in [-0.15, -0.1) is 0 Å². The third kappa shape index (κ3) is 6.86. The van der Waals surface area contributed by atoms with Crippen LogP contribution in [-0.2, 0) is 31.4 Å². The zero-order valence-electron chi connectivity index (χ0n) is 20.5. The molecule has 0 spiro atoms. The Bertz CT molecular complexity index is 1390. The van der Waals surface area contributed by atoms with Gasteiger partial charge in [0.15, 0.2) is 0 Å². The smallest absolute Gasteiger partial charge is 0.243 e. The molecule has 4 rings (SSSR count). The number of furan rings is 1. The molecule has 2 unspecified atom stereocenters. The average Bonchev–Trinajstić information content (AvgIpc) is 3.39. The number of anilines is 1. The molecule has 1 aliphatic carbocycles. The summed E-state index contributed by atoms with van der Waals surface area (Å²) in [6.07, 6.45) is 5.22. The van der Waals surface area contributed by atoms with Gasteiger partial charge in [0.1, 0.15) is 5.76 Å². The molecule has 37 heavy (non-hydrogen) atoms. The largest absolute Gasteiger partial charge is 0.468 e. The van der Waals surface area contributed by atoms with Crippen LogP contribution in [0, 0.1) is 5.92 Å². The first-order valence-corrected chi connectivity index (χ1v) is 15.1. The normalized spacial score (nSPS) is 18.5. The van der Waals surface area contributed by atoms with E-state index in [2.05, 4.69) is 10.0 Å². The van der Waals surface area contributed by atoms with Crippen molar-refractivity contribution < 1.29 is 26.0 Å². The van der Waals surface area contributed by atoms with Crippen LogP contribution in [0.3, 0.4) is 0 Å². The molecule has 1 aromatic heterocycles. The Morgan fingerprint density at radius 1 is 0.919 bits per heavy atom. The van der Waals surface area contributed by atoms with E-state index in [-0.39, 0.29) is 28.3 Å². The third-order valence-corrected chi connectivity index (χ3v) is 9.79. The highest BCUT2D eigenvalue weighted by molar-refractivity contribution is 7.89. The lowest BCUT2D eigenvalue weighted by atomic mass is 9.87. The number of benzene rings is 2. The van der Waals surface area contributed by atoms with Gasteiger partial charge in [-0.2, -0.15) is 4.31 Å². The van der Waals surface area contributed by atoms with Gasteiger partial charge in [0, 0.05) is 11.7 Å². The second-order valence-corrected chi connectivity index (χ2v) is 12.9. The molecule has 1 saturated carbocycles. The van der Waals surface area contributed by atoms with Crippen molar-refractivity contribution in [1.29, 1.82) is 0 Å². The van der Waals surface area contributed by atoms with Crippen molar-refractivity contribution in [3.05, 3.63) is 78.8 Å². The molecule has 0 radical (unpaired) electrons. The second-order valence-electron chi connectivity index (χ2n) is 9.23. The van der Waals surface area contributed by atoms with Crippen LogP contribution in [0.25, 0.3) is 0 Å². The number of sulfonamides is 2. The first-order valence-electron chi connectivity index (χ1n) is 12.1. The van der Waals surface area contributed by atoms with Gasteiger partial charge in [0.25, 0.3) is 0 Å². The molecule has 0 bridgehead atoms. The van der Waals surface area contributed by atoms with Crippen LogP contribution < -0.4 is 10.0 Å². The summed E-state index contributed by atoms with van der Waals surface area (Å²) in [4.78, 5) is 12.6. The maximum absolute atomic E-state index is 13.5. The summed E-state index contributed by atoms with van der Waals surface area (Å²) in [6.45, 7) is 1.40. The highest BCUT2D eigenvalue weighted by Crippen LogP contribution is 2.26. The van der Waals surface area contributed by atoms with Crippen LogP contribution in [0.5, 0.6) is 0 Å². The molecule has 1 amide bonds. The van der Waals surface area contributed by atoms with Crippen LogP contribution >= 0.6 is 0 Å². The fourth-order valence-corrected chi connectivity index (χ4v) is 7.12. The van der Waals surface area contributed by atoms with Crippen LogP contribution in [0.4, 0.5) is 5.69 Å². The van der Waals surface area contributed by atoms with Crippen LogP contribution in [0.1, 0.15) is 38.4 Å². The van der Waals surface area contributed by atoms with Gasteiger partial charge >= 0.3 is 0 Å². The van der Waals surface area contributed by atoms with Gasteiger partial charge in [0.2, 0.25) is 26.0 Å². The highest BCUT2D eigenvalue weighted by Gasteiger charge is 2.30. The molecule has 0 saturated heterocycles. The second kappa shape index (κ2) is 11.6. The van der Waals surface area contributed by atoms with E-state index in [9.17, 15) is 21.6 Å². The van der Waals surface area contributed by atoms with E-state index in [4.69, 9.17) is 4.42 Å². The van der Waals surface area contributed by atoms with Gasteiger partial charge in [0.05, 0.1) is 29.1 Å². The summed E-state index contributed by atoms with van der Waals surface area (Å²) < 4.78 is 62.0. The fourth-order valence-electron chi connectivity index (χ4n) is 4.38. The number of nitrogens with zero attached hydrogens (tertiary/aromatic N) is 1. The number of para-hydroxylation sites is 1. The SMILES string of the molecule is CC1CCCCC1NS(=O)(=O)c1ccc(S(=O)(=O)N(CC(=O)Nc2ccccc2)Cc2ccco2)cc1. The molecular weight excluding hydrogens is 514 g/mol. The number of carbonyl (C=O) groups excluding carboxylic acids is 1. The summed E-state index contributed by atoms with van der Waals surface area (Å²) >= 11 is 0. The van der Waals surface area contributed by atoms with Crippen molar-refractivity contribution in [2.45, 2.75) is 55.0 Å². The van der Waals surface area contributed by atoms with E-state index in [0.717, 1.165) is 30.0 Å². The van der Waals surface area contributed by atoms with Crippen molar-refractivity contribution in [3.8, 4) is 0 Å². The lowest BCUT2D eigenvalue weighted by Gasteiger charge is -2.29. The van der Waals surface area contributed by atoms with E-state index >= 15 is 0 Å². The Hall–Kier alpha value is -2.99. The van der Waals surface area contributed by atoms with Crippen molar-refractivity contribution in [2.24, 2.45) is 5.92 Å². The van der Waals surface area contributed by atoms with Crippen LogP contribution in [-0.4, -0.2) is 39.6 Å². The lowest BCUT2D eigenvalue weighted by Crippen LogP contribution is -2.41. The fraction of sp³-hybridized carbons (Fsp3) is 0.346. The highest BCUT2D eigenvalue weighted by atomic mass is 32.2. The van der Waals surface area contributed by atoms with E-state index < -0.39 is 32.5 Å². The van der Waals surface area contributed by atoms with Gasteiger partial charge in [-0.1, -0.05) is 38.0 Å². The van der Waals surface area contributed by atoms with Gasteiger partial charge in [-0.05, 0) is 67.3 Å². The van der Waals surface area contributed by atoms with Gasteiger partial charge < -0.3 is 9.73 Å². The first kappa shape index (κ1) is 27.1. The summed E-state index contributed by atoms with van der Waals surface area (Å²) in [7, 11) is -7.97. The Morgan fingerprint density at radius 3 is 2.24 bits per heavy atom. The Balaban J connectivity index is 1.53. The summed E-state index contributed by atoms with van der Waals surface area (Å²) in [5, 5.41) is 2.68. The molecule has 2 aromatic carbocycles. The van der Waals surface area contributed by atoms with Crippen molar-refractivity contribution in [1.82, 2.24) is 9.03 Å². The minimum atomic E-state index is -4.17. The summed E-state index contributed by atoms with van der Waals surface area (Å²) in [6, 6.07) is 16.9. The maximum atomic E-state index is 13.5. The molecule has 11 heteroatoms. The van der Waals surface area contributed by atoms with Crippen LogP contribution in [0.15, 0.2) is 87.2 Å². The van der Waals surface area contributed by atoms with Crippen LogP contribution in [0.2, 0.25) is 0 Å². The van der Waals surface area contributed by atoms with E-state index in [0.29, 0.717) is 11.4 Å². The quantitative estimate of drug-likeness (QED) is 0.397. The lowest BCUT2D eigenvalue weighted by molar-refractivity contribution is -0.116. The Morgan fingerprint density at radius 2 is 1.59 bits per heavy atom. The monoisotopic (exact) mass is 545 g/mol. The Labute approximate surface area is 218 Å². The minimum Gasteiger partial charge on any atom is -0.468 e. The molecule has 3 aromatic rings. The Kier molecular flexibility index (Phi) is 8.48. The zero-order valence-corrected chi connectivity index (χ0v) is 22.2. The molecule has 2 N–H and O–H groups in total. The number of rotatable bonds is 10. The predicted octanol–water partition coefficient (Wildman–Crippen LogP) is 3.97. The molecule has 2 atom stereocenters. The molecule has 198 valence electrons. The van der Waals surface area contributed by atoms with E-state index in [1.165, 1.54) is 30.5 Å². The summed E-state index contributed by atoms with van der Waals surface area (Å²) in [5.41, 5.74) is 0.539. The molecule has 1 aliphatic rings. The third-order valence-electron chi connectivity index (χ3n) is 6.48. The maximum Gasteiger partial charge on any atom is 0.243 e. The number of amides is 1. The molecule has 9 nitrogen and oxygen atoms in total. The van der Waals surface area contributed by atoms with Crippen molar-refractivity contribution in [3.63, 3.8) is 0 Å². The van der Waals surface area contributed by atoms with Crippen molar-refractivity contribution in [2.75, 3.05) is 11.9 Å². The standard InChI is InChI=1S/C26H31N3O6S2/c1-20-8-5-6-12-25(20)28-36(31,32)23-13-15-24(16-14-23)37(33,34)29(18-22-11-7-17-35-22)19-26(30)27-21-9-3-2-4-10-21/h2-4,7,9-11,13-17,20,25,28H,5-6,8,12,18-19H2,1H3,(H,27,30). The van der Waals surface area contributed by atoms with E-state index in [1.54, 1.807) is 42.5 Å². The number of nitrogens with one attached hydrogen (secondary N) is 2. The van der Waals surface area contributed by atoms with Crippen molar-refractivity contribution >= 4 is 31.6 Å². The summed E-state index contributed by atoms with van der Waals surface area (Å²) in [5.74, 6) is 0.0767. The van der Waals surface area contributed by atoms with Gasteiger partial charge in [-0.3, -0.25) is 4.79 Å². The number of carbonyl (C=O) groups is 1. The molecule has 1 heterocycles.